The van der Waals surface area contributed by atoms with Gasteiger partial charge in [-0.15, -0.1) is 0 Å². The molecule has 0 aliphatic carbocycles. The lowest BCUT2D eigenvalue weighted by molar-refractivity contribution is 0.0376. The van der Waals surface area contributed by atoms with Gasteiger partial charge in [0.25, 0.3) is 10.2 Å². The lowest BCUT2D eigenvalue weighted by Gasteiger charge is -2.34. The Bertz CT molecular complexity index is 398. The predicted octanol–water partition coefficient (Wildman–Crippen LogP) is -0.644. The number of hydrogen-bond acceptors (Lipinski definition) is 5. The molecule has 0 spiro atoms. The van der Waals surface area contributed by atoms with E-state index in [4.69, 9.17) is 10.5 Å². The highest BCUT2D eigenvalue weighted by Crippen LogP contribution is 2.18. The quantitative estimate of drug-likeness (QED) is 0.609. The summed E-state index contributed by atoms with van der Waals surface area (Å²) in [6, 6.07) is -0.0458. The first-order chi connectivity index (χ1) is 10.1. The monoisotopic (exact) mass is 320 g/mol. The molecule has 0 amide bonds. The van der Waals surface area contributed by atoms with Gasteiger partial charge in [0.2, 0.25) is 0 Å². The highest BCUT2D eigenvalue weighted by molar-refractivity contribution is 7.87. The lowest BCUT2D eigenvalue weighted by Crippen LogP contribution is -2.52. The van der Waals surface area contributed by atoms with Gasteiger partial charge in [0.1, 0.15) is 0 Å². The number of morpholine rings is 1. The summed E-state index contributed by atoms with van der Waals surface area (Å²) >= 11 is 0. The molecule has 2 fully saturated rings. The van der Waals surface area contributed by atoms with E-state index < -0.39 is 10.2 Å². The zero-order valence-corrected chi connectivity index (χ0v) is 13.5. The fourth-order valence-corrected chi connectivity index (χ4v) is 4.46. The third kappa shape index (κ3) is 5.15. The van der Waals surface area contributed by atoms with Crippen molar-refractivity contribution in [3.8, 4) is 0 Å². The number of nitrogens with zero attached hydrogens (tertiary/aromatic N) is 2. The molecule has 124 valence electrons. The van der Waals surface area contributed by atoms with E-state index >= 15 is 0 Å². The van der Waals surface area contributed by atoms with Crippen molar-refractivity contribution in [3.63, 3.8) is 0 Å². The van der Waals surface area contributed by atoms with Gasteiger partial charge in [0, 0.05) is 38.8 Å². The second-order valence-electron chi connectivity index (χ2n) is 5.70. The molecule has 0 aromatic heterocycles. The number of nitrogens with one attached hydrogen (secondary N) is 1. The smallest absolute Gasteiger partial charge is 0.279 e. The summed E-state index contributed by atoms with van der Waals surface area (Å²) in [6.45, 7) is 5.80. The maximum atomic E-state index is 12.3. The molecule has 2 saturated heterocycles. The molecule has 2 rings (SSSR count). The lowest BCUT2D eigenvalue weighted by atomic mass is 10.1. The van der Waals surface area contributed by atoms with Gasteiger partial charge in [-0.3, -0.25) is 4.90 Å². The van der Waals surface area contributed by atoms with Crippen molar-refractivity contribution in [1.29, 1.82) is 0 Å². The largest absolute Gasteiger partial charge is 0.379 e. The van der Waals surface area contributed by atoms with Crippen molar-refractivity contribution in [2.45, 2.75) is 31.7 Å². The molecular weight excluding hydrogens is 292 g/mol. The van der Waals surface area contributed by atoms with Crippen molar-refractivity contribution in [2.24, 2.45) is 5.73 Å². The van der Waals surface area contributed by atoms with Crippen molar-refractivity contribution in [1.82, 2.24) is 13.9 Å². The highest BCUT2D eigenvalue weighted by Gasteiger charge is 2.30. The molecule has 0 aromatic rings. The predicted molar refractivity (Wildman–Crippen MR) is 82.2 cm³/mol. The zero-order valence-electron chi connectivity index (χ0n) is 12.7. The number of nitrogens with two attached hydrogens (primary N) is 1. The molecule has 0 saturated carbocycles. The summed E-state index contributed by atoms with van der Waals surface area (Å²) < 4.78 is 34.2. The first-order valence-electron chi connectivity index (χ1n) is 7.90. The van der Waals surface area contributed by atoms with Crippen LogP contribution in [0.25, 0.3) is 0 Å². The van der Waals surface area contributed by atoms with Crippen molar-refractivity contribution in [3.05, 3.63) is 0 Å². The normalized spacial score (nSPS) is 26.0. The van der Waals surface area contributed by atoms with Crippen LogP contribution in [0.2, 0.25) is 0 Å². The first-order valence-corrected chi connectivity index (χ1v) is 9.34. The summed E-state index contributed by atoms with van der Waals surface area (Å²) in [6.07, 6.45) is 3.67. The highest BCUT2D eigenvalue weighted by atomic mass is 32.2. The minimum absolute atomic E-state index is 0.0458. The molecule has 1 unspecified atom stereocenters. The van der Waals surface area contributed by atoms with Crippen LogP contribution in [0.3, 0.4) is 0 Å². The number of hydrogen-bond donors (Lipinski definition) is 2. The van der Waals surface area contributed by atoms with Crippen molar-refractivity contribution < 1.29 is 13.2 Å². The van der Waals surface area contributed by atoms with Gasteiger partial charge in [-0.05, 0) is 25.8 Å². The Balaban J connectivity index is 1.72. The van der Waals surface area contributed by atoms with E-state index in [0.29, 0.717) is 19.6 Å². The third-order valence-corrected chi connectivity index (χ3v) is 5.86. The molecule has 7 nitrogen and oxygen atoms in total. The molecule has 2 heterocycles. The third-order valence-electron chi connectivity index (χ3n) is 4.19. The average Bonchev–Trinajstić information content (AvgIpc) is 2.52. The molecule has 3 N–H and O–H groups in total. The molecular formula is C13H28N4O3S. The van der Waals surface area contributed by atoms with Gasteiger partial charge in [0.15, 0.2) is 0 Å². The Morgan fingerprint density at radius 3 is 2.67 bits per heavy atom. The van der Waals surface area contributed by atoms with E-state index in [2.05, 4.69) is 9.62 Å². The zero-order chi connectivity index (χ0) is 15.1. The van der Waals surface area contributed by atoms with E-state index in [-0.39, 0.29) is 6.04 Å². The van der Waals surface area contributed by atoms with Crippen molar-refractivity contribution in [2.75, 3.05) is 52.5 Å². The van der Waals surface area contributed by atoms with Gasteiger partial charge in [-0.25, -0.2) is 4.72 Å². The molecule has 1 atom stereocenters. The summed E-state index contributed by atoms with van der Waals surface area (Å²) in [7, 11) is -3.39. The second kappa shape index (κ2) is 8.40. The van der Waals surface area contributed by atoms with Gasteiger partial charge in [-0.1, -0.05) is 6.42 Å². The number of piperidine rings is 1. The first kappa shape index (κ1) is 17.1. The maximum absolute atomic E-state index is 12.3. The van der Waals surface area contributed by atoms with E-state index in [1.807, 2.05) is 0 Å². The van der Waals surface area contributed by atoms with Crippen LogP contribution >= 0.6 is 0 Å². The molecule has 8 heteroatoms. The molecule has 21 heavy (non-hydrogen) atoms. The SMILES string of the molecule is NCC1CCCCN1S(=O)(=O)NCCCN1CCOCC1. The van der Waals surface area contributed by atoms with Crippen LogP contribution in [0.1, 0.15) is 25.7 Å². The molecule has 2 aliphatic heterocycles. The van der Waals surface area contributed by atoms with Crippen LogP contribution < -0.4 is 10.5 Å². The van der Waals surface area contributed by atoms with Crippen LogP contribution in [0.15, 0.2) is 0 Å². The Hall–Kier alpha value is -0.250. The van der Waals surface area contributed by atoms with Crippen LogP contribution in [-0.4, -0.2) is 76.1 Å². The maximum Gasteiger partial charge on any atom is 0.279 e. The molecule has 0 aromatic carbocycles. The van der Waals surface area contributed by atoms with Crippen LogP contribution in [0.4, 0.5) is 0 Å². The number of rotatable bonds is 7. The minimum atomic E-state index is -3.39. The van der Waals surface area contributed by atoms with Crippen LogP contribution in [0.5, 0.6) is 0 Å². The fraction of sp³-hybridized carbons (Fsp3) is 1.00. The molecule has 0 radical (unpaired) electrons. The minimum Gasteiger partial charge on any atom is -0.379 e. The summed E-state index contributed by atoms with van der Waals surface area (Å²) in [5.74, 6) is 0. The van der Waals surface area contributed by atoms with Gasteiger partial charge < -0.3 is 10.5 Å². The van der Waals surface area contributed by atoms with E-state index in [9.17, 15) is 8.42 Å². The average molecular weight is 320 g/mol. The van der Waals surface area contributed by atoms with Gasteiger partial charge in [0.05, 0.1) is 13.2 Å². The van der Waals surface area contributed by atoms with Crippen LogP contribution in [0, 0.1) is 0 Å². The summed E-state index contributed by atoms with van der Waals surface area (Å²) in [5.41, 5.74) is 5.69. The van der Waals surface area contributed by atoms with Gasteiger partial charge >= 0.3 is 0 Å². The van der Waals surface area contributed by atoms with Gasteiger partial charge in [-0.2, -0.15) is 12.7 Å². The Kier molecular flexibility index (Phi) is 6.84. The summed E-state index contributed by atoms with van der Waals surface area (Å²) in [4.78, 5) is 2.31. The van der Waals surface area contributed by atoms with E-state index in [1.165, 1.54) is 0 Å². The fourth-order valence-electron chi connectivity index (χ4n) is 2.94. The molecule has 0 bridgehead atoms. The van der Waals surface area contributed by atoms with E-state index in [1.54, 1.807) is 4.31 Å². The summed E-state index contributed by atoms with van der Waals surface area (Å²) in [5, 5.41) is 0. The van der Waals surface area contributed by atoms with Crippen molar-refractivity contribution >= 4 is 10.2 Å². The Labute approximate surface area is 128 Å². The topological polar surface area (TPSA) is 87.9 Å². The van der Waals surface area contributed by atoms with Crippen LogP contribution in [-0.2, 0) is 14.9 Å². The van der Waals surface area contributed by atoms with E-state index in [0.717, 1.165) is 58.5 Å². The Morgan fingerprint density at radius 2 is 1.95 bits per heavy atom. The Morgan fingerprint density at radius 1 is 1.19 bits per heavy atom. The number of ether oxygens (including phenoxy) is 1. The second-order valence-corrected chi connectivity index (χ2v) is 7.41. The standard InChI is InChI=1S/C13H28N4O3S/c14-12-13-4-1-2-7-17(13)21(18,19)15-5-3-6-16-8-10-20-11-9-16/h13,15H,1-12,14H2. The molecule has 2 aliphatic rings.